The molecule has 1 fully saturated rings. The van der Waals surface area contributed by atoms with E-state index in [0.717, 1.165) is 0 Å². The van der Waals surface area contributed by atoms with E-state index in [1.807, 2.05) is 0 Å². The Morgan fingerprint density at radius 2 is 1.27 bits per heavy atom. The van der Waals surface area contributed by atoms with E-state index < -0.39 is 37.6 Å². The van der Waals surface area contributed by atoms with Crippen LogP contribution in [0.2, 0.25) is 0 Å². The van der Waals surface area contributed by atoms with Gasteiger partial charge in [-0.3, -0.25) is 30.3 Å². The lowest BCUT2D eigenvalue weighted by atomic mass is 10.2. The SMILES string of the molecule is C1CCNCC1.O=[N+]([O-])c1cc([N+](=O)[O-])c([O-])c([N+](=O)[O-])c1. The number of hydrogen-bond acceptors (Lipinski definition) is 8. The molecule has 11 nitrogen and oxygen atoms in total. The summed E-state index contributed by atoms with van der Waals surface area (Å²) in [7, 11) is 0. The summed E-state index contributed by atoms with van der Waals surface area (Å²) in [6, 6.07) is 0.769. The minimum atomic E-state index is -1.46. The molecule has 120 valence electrons. The zero-order valence-electron chi connectivity index (χ0n) is 11.4. The van der Waals surface area contributed by atoms with Crippen LogP contribution < -0.4 is 10.4 Å². The number of non-ortho nitro benzene ring substituents is 1. The van der Waals surface area contributed by atoms with Crippen LogP contribution in [0.1, 0.15) is 19.3 Å². The number of benzene rings is 1. The third kappa shape index (κ3) is 4.63. The van der Waals surface area contributed by atoms with Gasteiger partial charge in [-0.2, -0.15) is 0 Å². The number of hydrogen-bond donors (Lipinski definition) is 1. The summed E-state index contributed by atoms with van der Waals surface area (Å²) >= 11 is 0. The van der Waals surface area contributed by atoms with Gasteiger partial charge in [-0.1, -0.05) is 6.42 Å². The van der Waals surface area contributed by atoms with E-state index in [1.54, 1.807) is 0 Å². The molecule has 22 heavy (non-hydrogen) atoms. The Kier molecular flexibility index (Phi) is 6.13. The van der Waals surface area contributed by atoms with E-state index >= 15 is 0 Å². The molecule has 2 rings (SSSR count). The van der Waals surface area contributed by atoms with E-state index in [1.165, 1.54) is 32.4 Å². The lowest BCUT2D eigenvalue weighted by molar-refractivity contribution is -0.420. The molecule has 1 aromatic rings. The second-order valence-corrected chi connectivity index (χ2v) is 4.40. The molecule has 1 aliphatic heterocycles. The molecule has 1 aromatic carbocycles. The summed E-state index contributed by atoms with van der Waals surface area (Å²) in [5.41, 5.74) is -3.26. The molecule has 0 saturated carbocycles. The molecule has 0 amide bonds. The van der Waals surface area contributed by atoms with Crippen molar-refractivity contribution in [1.82, 2.24) is 5.32 Å². The molecule has 1 N–H and O–H groups in total. The summed E-state index contributed by atoms with van der Waals surface area (Å²) in [5.74, 6) is -1.46. The first-order valence-corrected chi connectivity index (χ1v) is 6.33. The number of nitrogens with zero attached hydrogens (tertiary/aromatic N) is 3. The quantitative estimate of drug-likeness (QED) is 0.642. The highest BCUT2D eigenvalue weighted by molar-refractivity contribution is 5.63. The van der Waals surface area contributed by atoms with Crippen molar-refractivity contribution in [2.45, 2.75) is 19.3 Å². The van der Waals surface area contributed by atoms with E-state index in [4.69, 9.17) is 0 Å². The Morgan fingerprint density at radius 3 is 1.50 bits per heavy atom. The Hall–Kier alpha value is -2.82. The Bertz CT molecular complexity index is 539. The third-order valence-corrected chi connectivity index (χ3v) is 2.85. The number of nitro benzene ring substituents is 3. The lowest BCUT2D eigenvalue weighted by Gasteiger charge is -2.08. The van der Waals surface area contributed by atoms with Crippen LogP contribution >= 0.6 is 0 Å². The molecule has 0 bridgehead atoms. The number of rotatable bonds is 3. The summed E-state index contributed by atoms with van der Waals surface area (Å²) < 4.78 is 0. The molecule has 0 aromatic heterocycles. The van der Waals surface area contributed by atoms with Gasteiger partial charge in [-0.25, -0.2) is 0 Å². The number of nitrogens with one attached hydrogen (secondary N) is 1. The van der Waals surface area contributed by atoms with E-state index in [0.29, 0.717) is 12.1 Å². The molecular weight excluding hydrogens is 300 g/mol. The van der Waals surface area contributed by atoms with Crippen molar-refractivity contribution in [1.29, 1.82) is 0 Å². The fourth-order valence-corrected chi connectivity index (χ4v) is 1.76. The highest BCUT2D eigenvalue weighted by Gasteiger charge is 2.24. The lowest BCUT2D eigenvalue weighted by Crippen LogP contribution is -2.21. The first kappa shape index (κ1) is 17.2. The average molecular weight is 313 g/mol. The fourth-order valence-electron chi connectivity index (χ4n) is 1.76. The van der Waals surface area contributed by atoms with Crippen molar-refractivity contribution in [2.75, 3.05) is 13.1 Å². The number of piperidine rings is 1. The molecule has 0 atom stereocenters. The zero-order chi connectivity index (χ0) is 16.7. The molecule has 11 heteroatoms. The Balaban J connectivity index is 0.000000335. The standard InChI is InChI=1S/C6H3N3O7.C5H11N/c10-6-4(8(13)14)1-3(7(11)12)2-5(6)9(15)16;1-2-4-6-5-3-1/h1-2,10H;6H,1-5H2/p-1. The largest absolute Gasteiger partial charge is 0.863 e. The highest BCUT2D eigenvalue weighted by atomic mass is 16.6. The van der Waals surface area contributed by atoms with Crippen molar-refractivity contribution in [3.8, 4) is 5.75 Å². The van der Waals surface area contributed by atoms with Crippen LogP contribution in [0.5, 0.6) is 5.75 Å². The minimum Gasteiger partial charge on any atom is -0.863 e. The van der Waals surface area contributed by atoms with Crippen LogP contribution in [0.15, 0.2) is 12.1 Å². The maximum absolute atomic E-state index is 11.1. The van der Waals surface area contributed by atoms with Crippen LogP contribution in [-0.2, 0) is 0 Å². The molecule has 1 aliphatic rings. The summed E-state index contributed by atoms with van der Waals surface area (Å²) in [5, 5.41) is 45.4. The van der Waals surface area contributed by atoms with E-state index in [9.17, 15) is 35.4 Å². The average Bonchev–Trinajstić information content (AvgIpc) is 2.49. The molecule has 1 saturated heterocycles. The van der Waals surface area contributed by atoms with Crippen molar-refractivity contribution < 1.29 is 19.9 Å². The van der Waals surface area contributed by atoms with Gasteiger partial charge < -0.3 is 10.4 Å². The summed E-state index contributed by atoms with van der Waals surface area (Å²) in [4.78, 5) is 27.5. The monoisotopic (exact) mass is 313 g/mol. The Labute approximate surface area is 124 Å². The Morgan fingerprint density at radius 1 is 0.818 bits per heavy atom. The highest BCUT2D eigenvalue weighted by Crippen LogP contribution is 2.36. The van der Waals surface area contributed by atoms with Gasteiger partial charge in [0.15, 0.2) is 0 Å². The van der Waals surface area contributed by atoms with Gasteiger partial charge in [0.25, 0.3) is 17.1 Å². The van der Waals surface area contributed by atoms with E-state index in [2.05, 4.69) is 5.32 Å². The predicted octanol–water partition coefficient (Wildman–Crippen LogP) is 1.24. The zero-order valence-corrected chi connectivity index (χ0v) is 11.4. The summed E-state index contributed by atoms with van der Waals surface area (Å²) in [6.45, 7) is 2.50. The third-order valence-electron chi connectivity index (χ3n) is 2.85. The molecule has 0 unspecified atom stereocenters. The van der Waals surface area contributed by atoms with Crippen LogP contribution in [0.3, 0.4) is 0 Å². The second-order valence-electron chi connectivity index (χ2n) is 4.40. The van der Waals surface area contributed by atoms with Crippen molar-refractivity contribution in [3.63, 3.8) is 0 Å². The molecular formula is C11H13N4O7-. The van der Waals surface area contributed by atoms with Gasteiger partial charge in [-0.15, -0.1) is 0 Å². The topological polar surface area (TPSA) is 165 Å². The van der Waals surface area contributed by atoms with Crippen LogP contribution in [0.4, 0.5) is 17.1 Å². The van der Waals surface area contributed by atoms with Gasteiger partial charge in [0.1, 0.15) is 0 Å². The maximum atomic E-state index is 11.1. The first-order chi connectivity index (χ1) is 10.3. The van der Waals surface area contributed by atoms with Gasteiger partial charge >= 0.3 is 0 Å². The molecule has 1 heterocycles. The maximum Gasteiger partial charge on any atom is 0.283 e. The van der Waals surface area contributed by atoms with Crippen molar-refractivity contribution in [2.24, 2.45) is 0 Å². The van der Waals surface area contributed by atoms with Crippen LogP contribution in [0.25, 0.3) is 0 Å². The summed E-state index contributed by atoms with van der Waals surface area (Å²) in [6.07, 6.45) is 4.22. The molecule has 0 radical (unpaired) electrons. The normalized spacial score (nSPS) is 13.6. The van der Waals surface area contributed by atoms with Gasteiger partial charge in [0.2, 0.25) is 0 Å². The molecule has 0 spiro atoms. The van der Waals surface area contributed by atoms with Gasteiger partial charge in [0, 0.05) is 0 Å². The molecule has 0 aliphatic carbocycles. The number of nitro groups is 3. The minimum absolute atomic E-state index is 0.384. The fraction of sp³-hybridized carbons (Fsp3) is 0.455. The van der Waals surface area contributed by atoms with Crippen LogP contribution in [-0.4, -0.2) is 27.9 Å². The smallest absolute Gasteiger partial charge is 0.283 e. The van der Waals surface area contributed by atoms with Crippen LogP contribution in [0, 0.1) is 30.3 Å². The first-order valence-electron chi connectivity index (χ1n) is 6.33. The van der Waals surface area contributed by atoms with Gasteiger partial charge in [-0.05, 0) is 25.9 Å². The van der Waals surface area contributed by atoms with Crippen molar-refractivity contribution >= 4 is 17.1 Å². The van der Waals surface area contributed by atoms with Crippen molar-refractivity contribution in [3.05, 3.63) is 42.5 Å². The predicted molar refractivity (Wildman–Crippen MR) is 72.6 cm³/mol. The van der Waals surface area contributed by atoms with E-state index in [-0.39, 0.29) is 0 Å². The second kappa shape index (κ2) is 7.83. The van der Waals surface area contributed by atoms with Gasteiger partial charge in [0.05, 0.1) is 32.7 Å².